The zero-order valence-electron chi connectivity index (χ0n) is 12.0. The van der Waals surface area contributed by atoms with Crippen molar-refractivity contribution in [3.8, 4) is 6.07 Å². The van der Waals surface area contributed by atoms with Crippen molar-refractivity contribution in [1.29, 1.82) is 5.26 Å². The Kier molecular flexibility index (Phi) is 2.86. The Morgan fingerprint density at radius 2 is 2.10 bits per heavy atom. The lowest BCUT2D eigenvalue weighted by Gasteiger charge is -2.33. The van der Waals surface area contributed by atoms with Gasteiger partial charge in [-0.05, 0) is 37.9 Å². The van der Waals surface area contributed by atoms with E-state index in [2.05, 4.69) is 20.5 Å². The summed E-state index contributed by atoms with van der Waals surface area (Å²) in [5.74, 6) is 0.546. The predicted molar refractivity (Wildman–Crippen MR) is 81.7 cm³/mol. The monoisotopic (exact) mass is 281 g/mol. The quantitative estimate of drug-likeness (QED) is 0.870. The van der Waals surface area contributed by atoms with Crippen LogP contribution in [0.1, 0.15) is 37.3 Å². The number of nitrogen functional groups attached to an aromatic ring is 1. The zero-order chi connectivity index (χ0) is 14.4. The molecule has 2 N–H and O–H groups in total. The third-order valence-electron chi connectivity index (χ3n) is 5.02. The lowest BCUT2D eigenvalue weighted by atomic mass is 9.98. The smallest absolute Gasteiger partial charge is 0.201 e. The largest absolute Gasteiger partial charge is 0.369 e. The van der Waals surface area contributed by atoms with Crippen LogP contribution >= 0.6 is 0 Å². The van der Waals surface area contributed by atoms with Crippen LogP contribution in [0.15, 0.2) is 18.2 Å². The second kappa shape index (κ2) is 4.74. The van der Waals surface area contributed by atoms with E-state index in [-0.39, 0.29) is 0 Å². The van der Waals surface area contributed by atoms with Crippen molar-refractivity contribution in [1.82, 2.24) is 14.5 Å². The summed E-state index contributed by atoms with van der Waals surface area (Å²) in [5, 5.41) is 9.24. The number of benzene rings is 1. The summed E-state index contributed by atoms with van der Waals surface area (Å²) in [4.78, 5) is 7.06. The minimum absolute atomic E-state index is 0.393. The molecule has 108 valence electrons. The number of fused-ring (bicyclic) bond motifs is 2. The van der Waals surface area contributed by atoms with Crippen LogP contribution in [-0.2, 0) is 0 Å². The van der Waals surface area contributed by atoms with Gasteiger partial charge in [-0.1, -0.05) is 12.5 Å². The van der Waals surface area contributed by atoms with Gasteiger partial charge < -0.3 is 10.3 Å². The third kappa shape index (κ3) is 1.83. The maximum atomic E-state index is 9.24. The molecule has 1 aromatic heterocycles. The Labute approximate surface area is 124 Å². The Balaban J connectivity index is 1.84. The van der Waals surface area contributed by atoms with Crippen molar-refractivity contribution < 1.29 is 0 Å². The first-order valence-corrected chi connectivity index (χ1v) is 7.70. The number of aromatic nitrogens is 2. The summed E-state index contributed by atoms with van der Waals surface area (Å²) in [6.45, 7) is 2.35. The first-order valence-electron chi connectivity index (χ1n) is 7.70. The Morgan fingerprint density at radius 1 is 1.19 bits per heavy atom. The van der Waals surface area contributed by atoms with Gasteiger partial charge in [-0.2, -0.15) is 5.26 Å². The normalized spacial score (nSPS) is 25.9. The average molecular weight is 281 g/mol. The molecule has 3 heterocycles. The van der Waals surface area contributed by atoms with Gasteiger partial charge in [0.1, 0.15) is 11.6 Å². The van der Waals surface area contributed by atoms with Crippen molar-refractivity contribution in [2.45, 2.75) is 37.8 Å². The van der Waals surface area contributed by atoms with Crippen LogP contribution in [0.2, 0.25) is 0 Å². The summed E-state index contributed by atoms with van der Waals surface area (Å²) in [6, 6.07) is 8.94. The van der Waals surface area contributed by atoms with E-state index < -0.39 is 0 Å². The van der Waals surface area contributed by atoms with Crippen LogP contribution in [0.5, 0.6) is 0 Å². The van der Waals surface area contributed by atoms with Gasteiger partial charge in [0.05, 0.1) is 17.1 Å². The molecule has 0 aliphatic carbocycles. The standard InChI is InChI=1S/C16H19N5/c17-10-11-4-3-6-14-15(11)19-16(18)21(14)13-7-9-20-8-2-1-5-12(13)20/h3-4,6,12-13H,1-2,5,7-9H2,(H2,18,19). The highest BCUT2D eigenvalue weighted by molar-refractivity contribution is 5.84. The van der Waals surface area contributed by atoms with Crippen LogP contribution in [0.4, 0.5) is 5.95 Å². The minimum Gasteiger partial charge on any atom is -0.369 e. The van der Waals surface area contributed by atoms with Gasteiger partial charge in [0.15, 0.2) is 0 Å². The number of nitriles is 1. The molecule has 2 aliphatic heterocycles. The number of anilines is 1. The topological polar surface area (TPSA) is 70.9 Å². The molecule has 4 rings (SSSR count). The van der Waals surface area contributed by atoms with E-state index in [0.29, 0.717) is 23.6 Å². The molecule has 2 fully saturated rings. The van der Waals surface area contributed by atoms with Crippen LogP contribution in [0.3, 0.4) is 0 Å². The van der Waals surface area contributed by atoms with E-state index in [1.807, 2.05) is 12.1 Å². The van der Waals surface area contributed by atoms with Gasteiger partial charge in [0.25, 0.3) is 0 Å². The second-order valence-electron chi connectivity index (χ2n) is 6.08. The first kappa shape index (κ1) is 12.7. The van der Waals surface area contributed by atoms with Crippen LogP contribution in [-0.4, -0.2) is 33.6 Å². The van der Waals surface area contributed by atoms with Crippen molar-refractivity contribution in [2.24, 2.45) is 0 Å². The molecule has 2 saturated heterocycles. The molecule has 2 unspecified atom stereocenters. The molecule has 0 radical (unpaired) electrons. The highest BCUT2D eigenvalue weighted by atomic mass is 15.3. The van der Waals surface area contributed by atoms with Crippen LogP contribution in [0.25, 0.3) is 11.0 Å². The molecule has 2 atom stereocenters. The molecule has 0 spiro atoms. The van der Waals surface area contributed by atoms with E-state index in [0.717, 1.165) is 24.0 Å². The number of nitrogens with two attached hydrogens (primary N) is 1. The highest BCUT2D eigenvalue weighted by Gasteiger charge is 2.38. The van der Waals surface area contributed by atoms with Crippen LogP contribution < -0.4 is 5.73 Å². The fourth-order valence-corrected chi connectivity index (χ4v) is 4.10. The number of nitrogens with zero attached hydrogens (tertiary/aromatic N) is 4. The molecule has 2 aliphatic rings. The number of hydrogen-bond donors (Lipinski definition) is 1. The number of para-hydroxylation sites is 1. The van der Waals surface area contributed by atoms with Crippen molar-refractivity contribution in [3.63, 3.8) is 0 Å². The minimum atomic E-state index is 0.393. The van der Waals surface area contributed by atoms with Gasteiger partial charge in [-0.25, -0.2) is 4.98 Å². The number of hydrogen-bond acceptors (Lipinski definition) is 4. The lowest BCUT2D eigenvalue weighted by Crippen LogP contribution is -2.37. The zero-order valence-corrected chi connectivity index (χ0v) is 12.0. The SMILES string of the molecule is N#Cc1cccc2c1nc(N)n2C1CCN2CCCCC12. The highest BCUT2D eigenvalue weighted by Crippen LogP contribution is 2.38. The number of piperidine rings is 1. The summed E-state index contributed by atoms with van der Waals surface area (Å²) >= 11 is 0. The molecular formula is C16H19N5. The summed E-state index contributed by atoms with van der Waals surface area (Å²) in [7, 11) is 0. The molecule has 0 saturated carbocycles. The van der Waals surface area contributed by atoms with E-state index in [1.165, 1.54) is 25.8 Å². The average Bonchev–Trinajstić information content (AvgIpc) is 3.06. The van der Waals surface area contributed by atoms with E-state index in [4.69, 9.17) is 5.73 Å². The number of rotatable bonds is 1. The third-order valence-corrected chi connectivity index (χ3v) is 5.02. The molecular weight excluding hydrogens is 262 g/mol. The molecule has 2 aromatic rings. The van der Waals surface area contributed by atoms with Gasteiger partial charge in [-0.3, -0.25) is 4.90 Å². The predicted octanol–water partition coefficient (Wildman–Crippen LogP) is 2.29. The maximum absolute atomic E-state index is 9.24. The molecule has 5 nitrogen and oxygen atoms in total. The van der Waals surface area contributed by atoms with Crippen molar-refractivity contribution in [2.75, 3.05) is 18.8 Å². The van der Waals surface area contributed by atoms with Crippen LogP contribution in [0, 0.1) is 11.3 Å². The van der Waals surface area contributed by atoms with Gasteiger partial charge in [0.2, 0.25) is 5.95 Å². The van der Waals surface area contributed by atoms with Gasteiger partial charge in [0, 0.05) is 12.6 Å². The fourth-order valence-electron chi connectivity index (χ4n) is 4.10. The lowest BCUT2D eigenvalue weighted by molar-refractivity contribution is 0.175. The Hall–Kier alpha value is -2.06. The van der Waals surface area contributed by atoms with Crippen molar-refractivity contribution >= 4 is 17.0 Å². The summed E-state index contributed by atoms with van der Waals surface area (Å²) < 4.78 is 2.17. The van der Waals surface area contributed by atoms with E-state index in [9.17, 15) is 5.26 Å². The Bertz CT molecular complexity index is 726. The van der Waals surface area contributed by atoms with E-state index in [1.54, 1.807) is 6.07 Å². The Morgan fingerprint density at radius 3 is 2.95 bits per heavy atom. The van der Waals surface area contributed by atoms with Crippen molar-refractivity contribution in [3.05, 3.63) is 23.8 Å². The molecule has 1 aromatic carbocycles. The number of imidazole rings is 1. The summed E-state index contributed by atoms with van der Waals surface area (Å²) in [6.07, 6.45) is 4.97. The first-order chi connectivity index (χ1) is 10.3. The van der Waals surface area contributed by atoms with Gasteiger partial charge >= 0.3 is 0 Å². The second-order valence-corrected chi connectivity index (χ2v) is 6.08. The molecule has 21 heavy (non-hydrogen) atoms. The summed E-state index contributed by atoms with van der Waals surface area (Å²) in [5.41, 5.74) is 8.56. The molecule has 0 amide bonds. The fraction of sp³-hybridized carbons (Fsp3) is 0.500. The molecule has 5 heteroatoms. The van der Waals surface area contributed by atoms with Gasteiger partial charge in [-0.15, -0.1) is 0 Å². The van der Waals surface area contributed by atoms with E-state index >= 15 is 0 Å². The maximum Gasteiger partial charge on any atom is 0.201 e. The molecule has 0 bridgehead atoms.